The van der Waals surface area contributed by atoms with Crippen molar-refractivity contribution >= 4 is 50.5 Å². The predicted molar refractivity (Wildman–Crippen MR) is 104 cm³/mol. The van der Waals surface area contributed by atoms with Crippen molar-refractivity contribution in [2.75, 3.05) is 11.9 Å². The second kappa shape index (κ2) is 7.25. The lowest BCUT2D eigenvalue weighted by atomic mass is 10.1. The van der Waals surface area contributed by atoms with Gasteiger partial charge in [-0.2, -0.15) is 0 Å². The molecule has 0 spiro atoms. The maximum absolute atomic E-state index is 12.3. The average molecular weight is 373 g/mol. The summed E-state index contributed by atoms with van der Waals surface area (Å²) in [6.07, 6.45) is 0. The van der Waals surface area contributed by atoms with Crippen molar-refractivity contribution in [2.24, 2.45) is 0 Å². The topological polar surface area (TPSA) is 58.2 Å². The number of amides is 2. The minimum atomic E-state index is -0.346. The molecule has 128 valence electrons. The van der Waals surface area contributed by atoms with Crippen molar-refractivity contribution < 1.29 is 9.59 Å². The number of rotatable bonds is 4. The molecule has 0 fully saturated rings. The Morgan fingerprint density at radius 2 is 1.84 bits per heavy atom. The number of carbonyl (C=O) groups excluding carboxylic acids is 2. The van der Waals surface area contributed by atoms with Crippen LogP contribution in [0.5, 0.6) is 0 Å². The summed E-state index contributed by atoms with van der Waals surface area (Å²) in [7, 11) is 0. The fourth-order valence-corrected chi connectivity index (χ4v) is 3.86. The van der Waals surface area contributed by atoms with Crippen molar-refractivity contribution in [3.63, 3.8) is 0 Å². The summed E-state index contributed by atoms with van der Waals surface area (Å²) in [5, 5.41) is 6.67. The van der Waals surface area contributed by atoms with Crippen LogP contribution < -0.4 is 10.6 Å². The van der Waals surface area contributed by atoms with Gasteiger partial charge in [-0.3, -0.25) is 9.59 Å². The Balaban J connectivity index is 1.64. The third-order valence-corrected chi connectivity index (χ3v) is 5.62. The van der Waals surface area contributed by atoms with Crippen LogP contribution in [0.4, 0.5) is 5.69 Å². The molecule has 0 unspecified atom stereocenters. The molecule has 0 bridgehead atoms. The highest BCUT2D eigenvalue weighted by Gasteiger charge is 2.17. The number of benzene rings is 2. The largest absolute Gasteiger partial charge is 0.342 e. The monoisotopic (exact) mass is 372 g/mol. The molecule has 0 aliphatic carbocycles. The minimum Gasteiger partial charge on any atom is -0.342 e. The highest BCUT2D eigenvalue weighted by molar-refractivity contribution is 7.21. The van der Waals surface area contributed by atoms with Gasteiger partial charge in [-0.1, -0.05) is 35.9 Å². The molecular formula is C19H17ClN2O2S. The zero-order valence-corrected chi connectivity index (χ0v) is 15.4. The van der Waals surface area contributed by atoms with Gasteiger partial charge < -0.3 is 10.6 Å². The maximum Gasteiger partial charge on any atom is 0.263 e. The van der Waals surface area contributed by atoms with Gasteiger partial charge in [-0.25, -0.2) is 0 Å². The van der Waals surface area contributed by atoms with Gasteiger partial charge in [0.2, 0.25) is 5.91 Å². The number of carbonyl (C=O) groups is 2. The molecule has 0 aliphatic rings. The number of hydrogen-bond acceptors (Lipinski definition) is 3. The van der Waals surface area contributed by atoms with E-state index in [4.69, 9.17) is 11.6 Å². The van der Waals surface area contributed by atoms with Crippen LogP contribution in [-0.4, -0.2) is 18.4 Å². The van der Waals surface area contributed by atoms with Crippen LogP contribution in [0.1, 0.15) is 20.8 Å². The first-order chi connectivity index (χ1) is 12.0. The number of fused-ring (bicyclic) bond motifs is 1. The van der Waals surface area contributed by atoms with E-state index in [0.717, 1.165) is 21.2 Å². The van der Waals surface area contributed by atoms with E-state index in [9.17, 15) is 9.59 Å². The molecule has 1 heterocycles. The number of thiophene rings is 1. The summed E-state index contributed by atoms with van der Waals surface area (Å²) < 4.78 is 0.942. The average Bonchev–Trinajstić information content (AvgIpc) is 2.93. The number of hydrogen-bond donors (Lipinski definition) is 2. The molecule has 0 atom stereocenters. The zero-order valence-electron chi connectivity index (χ0n) is 13.9. The molecule has 3 rings (SSSR count). The fraction of sp³-hybridized carbons (Fsp3) is 0.158. The summed E-state index contributed by atoms with van der Waals surface area (Å²) in [6, 6.07) is 13.2. The van der Waals surface area contributed by atoms with E-state index < -0.39 is 0 Å². The third-order valence-electron chi connectivity index (χ3n) is 3.94. The van der Waals surface area contributed by atoms with Gasteiger partial charge in [-0.15, -0.1) is 11.3 Å². The number of nitrogens with one attached hydrogen (secondary N) is 2. The molecule has 4 nitrogen and oxygen atoms in total. The second-order valence-corrected chi connectivity index (χ2v) is 7.20. The highest BCUT2D eigenvalue weighted by atomic mass is 35.5. The predicted octanol–water partition coefficient (Wildman–Crippen LogP) is 4.54. The molecule has 0 saturated heterocycles. The van der Waals surface area contributed by atoms with E-state index in [-0.39, 0.29) is 18.4 Å². The molecule has 0 radical (unpaired) electrons. The van der Waals surface area contributed by atoms with Crippen LogP contribution in [0.3, 0.4) is 0 Å². The number of halogens is 1. The zero-order chi connectivity index (χ0) is 18.0. The second-order valence-electron chi connectivity index (χ2n) is 5.77. The summed E-state index contributed by atoms with van der Waals surface area (Å²) in [4.78, 5) is 24.8. The van der Waals surface area contributed by atoms with E-state index >= 15 is 0 Å². The van der Waals surface area contributed by atoms with E-state index in [1.54, 1.807) is 0 Å². The number of anilines is 1. The molecule has 6 heteroatoms. The molecular weight excluding hydrogens is 356 g/mol. The van der Waals surface area contributed by atoms with Crippen molar-refractivity contribution in [2.45, 2.75) is 13.8 Å². The lowest BCUT2D eigenvalue weighted by Crippen LogP contribution is -2.32. The lowest BCUT2D eigenvalue weighted by molar-refractivity contribution is -0.115. The van der Waals surface area contributed by atoms with E-state index in [0.29, 0.717) is 15.6 Å². The van der Waals surface area contributed by atoms with Gasteiger partial charge in [0, 0.05) is 15.8 Å². The van der Waals surface area contributed by atoms with Crippen LogP contribution in [-0.2, 0) is 4.79 Å². The first-order valence-electron chi connectivity index (χ1n) is 7.78. The van der Waals surface area contributed by atoms with E-state index in [2.05, 4.69) is 10.6 Å². The summed E-state index contributed by atoms with van der Waals surface area (Å²) in [6.45, 7) is 3.88. The summed E-state index contributed by atoms with van der Waals surface area (Å²) in [5.41, 5.74) is 2.96. The van der Waals surface area contributed by atoms with Gasteiger partial charge in [0.05, 0.1) is 11.6 Å². The van der Waals surface area contributed by atoms with Crippen LogP contribution in [0.15, 0.2) is 42.5 Å². The van der Waals surface area contributed by atoms with Crippen molar-refractivity contribution in [1.29, 1.82) is 0 Å². The Bertz CT molecular complexity index is 965. The molecule has 2 amide bonds. The normalized spacial score (nSPS) is 10.7. The lowest BCUT2D eigenvalue weighted by Gasteiger charge is -2.08. The smallest absolute Gasteiger partial charge is 0.263 e. The Hall–Kier alpha value is -2.37. The summed E-state index contributed by atoms with van der Waals surface area (Å²) in [5.74, 6) is -0.629. The fourth-order valence-electron chi connectivity index (χ4n) is 2.43. The first kappa shape index (κ1) is 17.5. The van der Waals surface area contributed by atoms with Gasteiger partial charge in [-0.05, 0) is 43.2 Å². The minimum absolute atomic E-state index is 0.115. The van der Waals surface area contributed by atoms with Gasteiger partial charge in [0.25, 0.3) is 5.91 Å². The maximum atomic E-state index is 12.3. The van der Waals surface area contributed by atoms with Crippen molar-refractivity contribution in [1.82, 2.24) is 5.32 Å². The Kier molecular flexibility index (Phi) is 5.06. The molecule has 1 aromatic heterocycles. The summed E-state index contributed by atoms with van der Waals surface area (Å²) >= 11 is 7.59. The Morgan fingerprint density at radius 3 is 2.56 bits per heavy atom. The van der Waals surface area contributed by atoms with Crippen LogP contribution in [0, 0.1) is 13.8 Å². The Labute approximate surface area is 154 Å². The molecule has 2 N–H and O–H groups in total. The molecule has 2 aromatic carbocycles. The van der Waals surface area contributed by atoms with Gasteiger partial charge >= 0.3 is 0 Å². The van der Waals surface area contributed by atoms with Gasteiger partial charge in [0.1, 0.15) is 4.88 Å². The van der Waals surface area contributed by atoms with Crippen LogP contribution >= 0.6 is 22.9 Å². The van der Waals surface area contributed by atoms with Crippen molar-refractivity contribution in [3.8, 4) is 0 Å². The SMILES string of the molecule is Cc1ccc(NC(=O)CNC(=O)c2sc3ccccc3c2Cl)cc1C. The molecule has 0 aliphatic heterocycles. The first-order valence-corrected chi connectivity index (χ1v) is 8.97. The standard InChI is InChI=1S/C19H17ClN2O2S/c1-11-7-8-13(9-12(11)2)22-16(23)10-21-19(24)18-17(20)14-5-3-4-6-15(14)25-18/h3-9H,10H2,1-2H3,(H,21,24)(H,22,23). The molecule has 0 saturated carbocycles. The third kappa shape index (κ3) is 3.83. The molecule has 3 aromatic rings. The molecule has 25 heavy (non-hydrogen) atoms. The van der Waals surface area contributed by atoms with Crippen LogP contribution in [0.25, 0.3) is 10.1 Å². The quantitative estimate of drug-likeness (QED) is 0.706. The highest BCUT2D eigenvalue weighted by Crippen LogP contribution is 2.34. The van der Waals surface area contributed by atoms with Crippen LogP contribution in [0.2, 0.25) is 5.02 Å². The number of aryl methyl sites for hydroxylation is 2. The van der Waals surface area contributed by atoms with E-state index in [1.165, 1.54) is 11.3 Å². The van der Waals surface area contributed by atoms with E-state index in [1.807, 2.05) is 56.3 Å². The van der Waals surface area contributed by atoms with Crippen molar-refractivity contribution in [3.05, 3.63) is 63.5 Å². The Morgan fingerprint density at radius 1 is 1.08 bits per heavy atom. The van der Waals surface area contributed by atoms with Gasteiger partial charge in [0.15, 0.2) is 0 Å².